The molecule has 1 fully saturated rings. The molecule has 0 aromatic rings. The minimum atomic E-state index is 0.191. The summed E-state index contributed by atoms with van der Waals surface area (Å²) in [6, 6.07) is 0.397. The minimum absolute atomic E-state index is 0.191. The predicted octanol–water partition coefficient (Wildman–Crippen LogP) is 0.995. The molecule has 1 amide bonds. The van der Waals surface area contributed by atoms with Crippen LogP contribution in [0.15, 0.2) is 0 Å². The van der Waals surface area contributed by atoms with Crippen molar-refractivity contribution in [2.24, 2.45) is 5.92 Å². The summed E-state index contributed by atoms with van der Waals surface area (Å²) in [6.07, 6.45) is 5.25. The van der Waals surface area contributed by atoms with Gasteiger partial charge in [-0.3, -0.25) is 4.79 Å². The first-order valence-electron chi connectivity index (χ1n) is 6.77. The normalized spacial score (nSPS) is 24.6. The molecular formula is C13H26N2O2. The fraction of sp³-hybridized carbons (Fsp3) is 0.923. The fourth-order valence-electron chi connectivity index (χ4n) is 2.43. The van der Waals surface area contributed by atoms with Gasteiger partial charge >= 0.3 is 0 Å². The van der Waals surface area contributed by atoms with E-state index in [-0.39, 0.29) is 12.5 Å². The largest absolute Gasteiger partial charge is 0.396 e. The second kappa shape index (κ2) is 7.67. The van der Waals surface area contributed by atoms with E-state index in [1.165, 1.54) is 12.8 Å². The van der Waals surface area contributed by atoms with Gasteiger partial charge in [-0.2, -0.15) is 0 Å². The van der Waals surface area contributed by atoms with E-state index in [0.717, 1.165) is 25.9 Å². The fourth-order valence-corrected chi connectivity index (χ4v) is 2.43. The Labute approximate surface area is 104 Å². The van der Waals surface area contributed by atoms with E-state index in [9.17, 15) is 9.90 Å². The number of amides is 1. The number of carbonyl (C=O) groups is 1. The van der Waals surface area contributed by atoms with E-state index in [0.29, 0.717) is 18.4 Å². The lowest BCUT2D eigenvalue weighted by molar-refractivity contribution is -0.129. The molecule has 0 saturated heterocycles. The minimum Gasteiger partial charge on any atom is -0.396 e. The first-order chi connectivity index (χ1) is 8.19. The maximum atomic E-state index is 11.6. The molecule has 0 aromatic carbocycles. The van der Waals surface area contributed by atoms with Gasteiger partial charge in [0, 0.05) is 39.2 Å². The smallest absolute Gasteiger partial charge is 0.223 e. The number of aliphatic hydroxyl groups excluding tert-OH is 1. The molecule has 4 heteroatoms. The van der Waals surface area contributed by atoms with Crippen LogP contribution in [0.2, 0.25) is 0 Å². The molecule has 0 spiro atoms. The van der Waals surface area contributed by atoms with Crippen molar-refractivity contribution >= 4 is 5.91 Å². The summed E-state index contributed by atoms with van der Waals surface area (Å²) in [5.74, 6) is 0.569. The summed E-state index contributed by atoms with van der Waals surface area (Å²) in [6.45, 7) is 3.74. The number of carbonyl (C=O) groups excluding carboxylic acids is 1. The van der Waals surface area contributed by atoms with Crippen LogP contribution in [0, 0.1) is 5.92 Å². The summed E-state index contributed by atoms with van der Waals surface area (Å²) in [5, 5.41) is 12.7. The van der Waals surface area contributed by atoms with E-state index >= 15 is 0 Å². The zero-order valence-corrected chi connectivity index (χ0v) is 11.1. The topological polar surface area (TPSA) is 52.6 Å². The standard InChI is InChI=1S/C13H26N2O2/c1-3-15(2)13(17)8-9-14-12-7-5-4-6-11(12)10-16/h11-12,14,16H,3-10H2,1-2H3/t11-,12+/m0/s1. The molecule has 1 aliphatic carbocycles. The molecule has 0 aromatic heterocycles. The number of nitrogens with zero attached hydrogens (tertiary/aromatic N) is 1. The Morgan fingerprint density at radius 3 is 2.76 bits per heavy atom. The van der Waals surface area contributed by atoms with Crippen molar-refractivity contribution in [3.63, 3.8) is 0 Å². The van der Waals surface area contributed by atoms with E-state index in [1.54, 1.807) is 4.90 Å². The SMILES string of the molecule is CCN(C)C(=O)CCN[C@@H]1CCCC[C@H]1CO. The highest BCUT2D eigenvalue weighted by atomic mass is 16.3. The molecular weight excluding hydrogens is 216 g/mol. The van der Waals surface area contributed by atoms with Gasteiger partial charge in [0.15, 0.2) is 0 Å². The summed E-state index contributed by atoms with van der Waals surface area (Å²) in [7, 11) is 1.83. The Kier molecular flexibility index (Phi) is 6.52. The van der Waals surface area contributed by atoms with Crippen LogP contribution < -0.4 is 5.32 Å². The molecule has 0 heterocycles. The summed E-state index contributed by atoms with van der Waals surface area (Å²) in [4.78, 5) is 13.3. The van der Waals surface area contributed by atoms with Crippen LogP contribution in [0.1, 0.15) is 39.0 Å². The monoisotopic (exact) mass is 242 g/mol. The van der Waals surface area contributed by atoms with Crippen molar-refractivity contribution in [3.05, 3.63) is 0 Å². The Bertz CT molecular complexity index is 233. The molecule has 0 aliphatic heterocycles. The van der Waals surface area contributed by atoms with Crippen LogP contribution in [0.4, 0.5) is 0 Å². The van der Waals surface area contributed by atoms with Crippen molar-refractivity contribution in [1.29, 1.82) is 0 Å². The van der Waals surface area contributed by atoms with Gasteiger partial charge in [-0.15, -0.1) is 0 Å². The zero-order valence-electron chi connectivity index (χ0n) is 11.1. The van der Waals surface area contributed by atoms with E-state index in [4.69, 9.17) is 0 Å². The molecule has 100 valence electrons. The van der Waals surface area contributed by atoms with Gasteiger partial charge in [-0.25, -0.2) is 0 Å². The number of rotatable bonds is 6. The third-order valence-corrected chi connectivity index (χ3v) is 3.79. The first-order valence-corrected chi connectivity index (χ1v) is 6.77. The number of aliphatic hydroxyl groups is 1. The molecule has 1 aliphatic rings. The van der Waals surface area contributed by atoms with Crippen molar-refractivity contribution < 1.29 is 9.90 Å². The molecule has 0 unspecified atom stereocenters. The van der Waals surface area contributed by atoms with Crippen molar-refractivity contribution in [3.8, 4) is 0 Å². The highest BCUT2D eigenvalue weighted by Gasteiger charge is 2.23. The highest BCUT2D eigenvalue weighted by molar-refractivity contribution is 5.75. The third kappa shape index (κ3) is 4.64. The van der Waals surface area contributed by atoms with Gasteiger partial charge in [0.05, 0.1) is 0 Å². The number of hydrogen-bond acceptors (Lipinski definition) is 3. The Balaban J connectivity index is 2.22. The second-order valence-corrected chi connectivity index (χ2v) is 4.95. The lowest BCUT2D eigenvalue weighted by atomic mass is 9.85. The van der Waals surface area contributed by atoms with Gasteiger partial charge in [-0.1, -0.05) is 12.8 Å². The van der Waals surface area contributed by atoms with Gasteiger partial charge < -0.3 is 15.3 Å². The zero-order chi connectivity index (χ0) is 12.7. The van der Waals surface area contributed by atoms with Crippen molar-refractivity contribution in [2.45, 2.75) is 45.1 Å². The van der Waals surface area contributed by atoms with Crippen LogP contribution in [0.3, 0.4) is 0 Å². The van der Waals surface area contributed by atoms with Crippen LogP contribution in [-0.2, 0) is 4.79 Å². The molecule has 0 bridgehead atoms. The lowest BCUT2D eigenvalue weighted by Gasteiger charge is -2.31. The molecule has 0 radical (unpaired) electrons. The summed E-state index contributed by atoms with van der Waals surface area (Å²) >= 11 is 0. The molecule has 1 rings (SSSR count). The van der Waals surface area contributed by atoms with E-state index in [1.807, 2.05) is 14.0 Å². The number of nitrogens with one attached hydrogen (secondary N) is 1. The maximum Gasteiger partial charge on any atom is 0.223 e. The molecule has 2 atom stereocenters. The van der Waals surface area contributed by atoms with Crippen LogP contribution >= 0.6 is 0 Å². The van der Waals surface area contributed by atoms with Crippen LogP contribution in [0.5, 0.6) is 0 Å². The predicted molar refractivity (Wildman–Crippen MR) is 68.8 cm³/mol. The van der Waals surface area contributed by atoms with Gasteiger partial charge in [-0.05, 0) is 25.7 Å². The van der Waals surface area contributed by atoms with Crippen molar-refractivity contribution in [2.75, 3.05) is 26.7 Å². The quantitative estimate of drug-likeness (QED) is 0.730. The van der Waals surface area contributed by atoms with Crippen LogP contribution in [-0.4, -0.2) is 48.7 Å². The summed E-state index contributed by atoms with van der Waals surface area (Å²) in [5.41, 5.74) is 0. The molecule has 4 nitrogen and oxygen atoms in total. The molecule has 17 heavy (non-hydrogen) atoms. The van der Waals surface area contributed by atoms with Gasteiger partial charge in [0.1, 0.15) is 0 Å². The second-order valence-electron chi connectivity index (χ2n) is 4.95. The highest BCUT2D eigenvalue weighted by Crippen LogP contribution is 2.23. The summed E-state index contributed by atoms with van der Waals surface area (Å²) < 4.78 is 0. The Hall–Kier alpha value is -0.610. The molecule has 1 saturated carbocycles. The number of hydrogen-bond donors (Lipinski definition) is 2. The van der Waals surface area contributed by atoms with E-state index < -0.39 is 0 Å². The molecule has 2 N–H and O–H groups in total. The van der Waals surface area contributed by atoms with Crippen LogP contribution in [0.25, 0.3) is 0 Å². The maximum absolute atomic E-state index is 11.6. The van der Waals surface area contributed by atoms with Gasteiger partial charge in [0.2, 0.25) is 5.91 Å². The average Bonchev–Trinajstić information content (AvgIpc) is 2.38. The Morgan fingerprint density at radius 1 is 1.41 bits per heavy atom. The lowest BCUT2D eigenvalue weighted by Crippen LogP contribution is -2.41. The van der Waals surface area contributed by atoms with Gasteiger partial charge in [0.25, 0.3) is 0 Å². The first kappa shape index (κ1) is 14.5. The average molecular weight is 242 g/mol. The van der Waals surface area contributed by atoms with E-state index in [2.05, 4.69) is 5.32 Å². The Morgan fingerprint density at radius 2 is 2.12 bits per heavy atom. The van der Waals surface area contributed by atoms with Crippen molar-refractivity contribution in [1.82, 2.24) is 10.2 Å². The third-order valence-electron chi connectivity index (χ3n) is 3.79.